The number of rotatable bonds is 10. The number of carbonyl (C=O) groups excluding carboxylic acids is 2. The maximum absolute atomic E-state index is 13.9. The number of phenols is 1. The number of phenolic OH excluding ortho intramolecular Hbond substituents is 1. The normalized spacial score (nSPS) is 10.4. The first-order chi connectivity index (χ1) is 19.4. The molecular formula is C31H30N2O7. The molecule has 0 radical (unpaired) electrons. The van der Waals surface area contributed by atoms with Gasteiger partial charge in [0.2, 0.25) is 5.75 Å². The van der Waals surface area contributed by atoms with E-state index in [-0.39, 0.29) is 24.1 Å². The van der Waals surface area contributed by atoms with Gasteiger partial charge in [-0.15, -0.1) is 0 Å². The first-order valence-electron chi connectivity index (χ1n) is 12.3. The standard InChI is InChI=1S/C31H30N2O7/c1-37-26-15-5-20(6-16-26)19-33(24-17-27(38-2)29(40-4)28(18-24)39-3)31(36)22-9-7-21(8-10-22)30(35)32-23-11-13-25(34)14-12-23/h5-18,34H,19H2,1-4H3,(H,32,35). The van der Waals surface area contributed by atoms with Crippen molar-refractivity contribution in [2.45, 2.75) is 6.54 Å². The van der Waals surface area contributed by atoms with Crippen LogP contribution in [0.25, 0.3) is 0 Å². The lowest BCUT2D eigenvalue weighted by molar-refractivity contribution is 0.0982. The van der Waals surface area contributed by atoms with E-state index in [9.17, 15) is 14.7 Å². The molecule has 4 rings (SSSR count). The number of amides is 2. The molecule has 40 heavy (non-hydrogen) atoms. The molecule has 2 N–H and O–H groups in total. The van der Waals surface area contributed by atoms with E-state index in [2.05, 4.69) is 5.32 Å². The fourth-order valence-corrected chi connectivity index (χ4v) is 4.08. The summed E-state index contributed by atoms with van der Waals surface area (Å²) in [6.45, 7) is 0.241. The van der Waals surface area contributed by atoms with Crippen LogP contribution < -0.4 is 29.2 Å². The third-order valence-corrected chi connectivity index (χ3v) is 6.23. The molecule has 0 fully saturated rings. The average molecular weight is 543 g/mol. The first kappa shape index (κ1) is 27.8. The highest BCUT2D eigenvalue weighted by Crippen LogP contribution is 2.41. The van der Waals surface area contributed by atoms with Crippen LogP contribution in [0.5, 0.6) is 28.7 Å². The Hall–Kier alpha value is -5.18. The fourth-order valence-electron chi connectivity index (χ4n) is 4.08. The molecule has 9 heteroatoms. The number of ether oxygens (including phenoxy) is 4. The second-order valence-corrected chi connectivity index (χ2v) is 8.70. The van der Waals surface area contributed by atoms with Gasteiger partial charge in [0.1, 0.15) is 11.5 Å². The van der Waals surface area contributed by atoms with Crippen molar-refractivity contribution >= 4 is 23.2 Å². The first-order valence-corrected chi connectivity index (χ1v) is 12.3. The summed E-state index contributed by atoms with van der Waals surface area (Å²) in [6.07, 6.45) is 0. The van der Waals surface area contributed by atoms with Gasteiger partial charge < -0.3 is 34.3 Å². The Morgan fingerprint density at radius 2 is 1.30 bits per heavy atom. The summed E-state index contributed by atoms with van der Waals surface area (Å²) in [5, 5.41) is 12.2. The SMILES string of the molecule is COc1ccc(CN(C(=O)c2ccc(C(=O)Nc3ccc(O)cc3)cc2)c2cc(OC)c(OC)c(OC)c2)cc1. The molecule has 0 atom stereocenters. The summed E-state index contributed by atoms with van der Waals surface area (Å²) in [5.74, 6) is 1.40. The number of anilines is 2. The number of carbonyl (C=O) groups is 2. The van der Waals surface area contributed by atoms with Gasteiger partial charge >= 0.3 is 0 Å². The highest BCUT2D eigenvalue weighted by atomic mass is 16.5. The zero-order valence-corrected chi connectivity index (χ0v) is 22.6. The minimum atomic E-state index is -0.343. The molecule has 2 amide bonds. The van der Waals surface area contributed by atoms with Crippen molar-refractivity contribution in [1.29, 1.82) is 0 Å². The van der Waals surface area contributed by atoms with Crippen LogP contribution in [0.1, 0.15) is 26.3 Å². The molecule has 0 aromatic heterocycles. The average Bonchev–Trinajstić information content (AvgIpc) is 3.00. The molecule has 9 nitrogen and oxygen atoms in total. The lowest BCUT2D eigenvalue weighted by Crippen LogP contribution is -2.30. The van der Waals surface area contributed by atoms with Gasteiger partial charge in [-0.1, -0.05) is 12.1 Å². The van der Waals surface area contributed by atoms with Crippen molar-refractivity contribution < 1.29 is 33.6 Å². The Bertz CT molecular complexity index is 1440. The van der Waals surface area contributed by atoms with E-state index in [0.29, 0.717) is 45.5 Å². The smallest absolute Gasteiger partial charge is 0.258 e. The number of benzene rings is 4. The summed E-state index contributed by atoms with van der Waals surface area (Å²) < 4.78 is 21.7. The zero-order valence-electron chi connectivity index (χ0n) is 22.6. The highest BCUT2D eigenvalue weighted by Gasteiger charge is 2.23. The second-order valence-electron chi connectivity index (χ2n) is 8.70. The second kappa shape index (κ2) is 12.6. The summed E-state index contributed by atoms with van der Waals surface area (Å²) in [6, 6.07) is 23.4. The minimum Gasteiger partial charge on any atom is -0.508 e. The largest absolute Gasteiger partial charge is 0.508 e. The van der Waals surface area contributed by atoms with Crippen LogP contribution >= 0.6 is 0 Å². The van der Waals surface area contributed by atoms with Crippen LogP contribution in [0.4, 0.5) is 11.4 Å². The molecule has 0 bridgehead atoms. The summed E-state index contributed by atoms with van der Waals surface area (Å²) in [4.78, 5) is 28.2. The Morgan fingerprint density at radius 1 is 0.725 bits per heavy atom. The van der Waals surface area contributed by atoms with E-state index >= 15 is 0 Å². The third-order valence-electron chi connectivity index (χ3n) is 6.23. The van der Waals surface area contributed by atoms with Gasteiger partial charge in [-0.2, -0.15) is 0 Å². The van der Waals surface area contributed by atoms with Crippen LogP contribution in [-0.2, 0) is 6.54 Å². The quantitative estimate of drug-likeness (QED) is 0.254. The topological polar surface area (TPSA) is 107 Å². The van der Waals surface area contributed by atoms with E-state index in [1.165, 1.54) is 33.5 Å². The highest BCUT2D eigenvalue weighted by molar-refractivity contribution is 6.08. The maximum atomic E-state index is 13.9. The van der Waals surface area contributed by atoms with Crippen molar-refractivity contribution in [2.75, 3.05) is 38.7 Å². The van der Waals surface area contributed by atoms with Gasteiger partial charge in [0.25, 0.3) is 11.8 Å². The Kier molecular flexibility index (Phi) is 8.75. The monoisotopic (exact) mass is 542 g/mol. The molecule has 0 saturated heterocycles. The number of hydrogen-bond acceptors (Lipinski definition) is 7. The molecule has 0 heterocycles. The Morgan fingerprint density at radius 3 is 1.82 bits per heavy atom. The lowest BCUT2D eigenvalue weighted by Gasteiger charge is -2.25. The minimum absolute atomic E-state index is 0.104. The van der Waals surface area contributed by atoms with E-state index in [1.54, 1.807) is 60.5 Å². The Labute approximate surface area is 232 Å². The van der Waals surface area contributed by atoms with Gasteiger partial charge in [-0.25, -0.2) is 0 Å². The van der Waals surface area contributed by atoms with Crippen molar-refractivity contribution in [1.82, 2.24) is 0 Å². The van der Waals surface area contributed by atoms with Crippen molar-refractivity contribution in [3.05, 3.63) is 102 Å². The third kappa shape index (κ3) is 6.27. The molecule has 4 aromatic rings. The summed E-state index contributed by atoms with van der Waals surface area (Å²) in [7, 11) is 6.13. The van der Waals surface area contributed by atoms with Gasteiger partial charge in [0, 0.05) is 28.9 Å². The van der Waals surface area contributed by atoms with Gasteiger partial charge in [-0.3, -0.25) is 9.59 Å². The molecule has 0 unspecified atom stereocenters. The summed E-state index contributed by atoms with van der Waals surface area (Å²) in [5.41, 5.74) is 2.69. The van der Waals surface area contributed by atoms with Crippen LogP contribution in [-0.4, -0.2) is 45.4 Å². The van der Waals surface area contributed by atoms with Crippen LogP contribution in [0, 0.1) is 0 Å². The molecule has 0 aliphatic carbocycles. The molecule has 0 saturated carbocycles. The van der Waals surface area contributed by atoms with Gasteiger partial charge in [0.15, 0.2) is 11.5 Å². The lowest BCUT2D eigenvalue weighted by atomic mass is 10.1. The molecule has 0 aliphatic rings. The summed E-state index contributed by atoms with van der Waals surface area (Å²) >= 11 is 0. The van der Waals surface area contributed by atoms with Crippen molar-refractivity contribution in [3.8, 4) is 28.7 Å². The Balaban J connectivity index is 1.66. The fraction of sp³-hybridized carbons (Fsp3) is 0.161. The number of hydrogen-bond donors (Lipinski definition) is 2. The molecule has 206 valence electrons. The number of nitrogens with one attached hydrogen (secondary N) is 1. The van der Waals surface area contributed by atoms with E-state index in [0.717, 1.165) is 5.56 Å². The van der Waals surface area contributed by atoms with Crippen LogP contribution in [0.15, 0.2) is 84.9 Å². The zero-order chi connectivity index (χ0) is 28.6. The molecule has 0 spiro atoms. The van der Waals surface area contributed by atoms with Gasteiger partial charge in [-0.05, 0) is 66.2 Å². The van der Waals surface area contributed by atoms with E-state index in [1.807, 2.05) is 24.3 Å². The number of aromatic hydroxyl groups is 1. The van der Waals surface area contributed by atoms with Crippen molar-refractivity contribution in [2.24, 2.45) is 0 Å². The molecular weight excluding hydrogens is 512 g/mol. The number of nitrogens with zero attached hydrogens (tertiary/aromatic N) is 1. The van der Waals surface area contributed by atoms with Crippen molar-refractivity contribution in [3.63, 3.8) is 0 Å². The maximum Gasteiger partial charge on any atom is 0.258 e. The molecule has 0 aliphatic heterocycles. The van der Waals surface area contributed by atoms with E-state index in [4.69, 9.17) is 18.9 Å². The van der Waals surface area contributed by atoms with Crippen LogP contribution in [0.2, 0.25) is 0 Å². The van der Waals surface area contributed by atoms with E-state index < -0.39 is 0 Å². The predicted octanol–water partition coefficient (Wildman–Crippen LogP) is 5.53. The predicted molar refractivity (Wildman–Crippen MR) is 152 cm³/mol. The van der Waals surface area contributed by atoms with Gasteiger partial charge in [0.05, 0.1) is 40.7 Å². The van der Waals surface area contributed by atoms with Crippen LogP contribution in [0.3, 0.4) is 0 Å². The number of methoxy groups -OCH3 is 4. The molecule has 4 aromatic carbocycles.